The highest BCUT2D eigenvalue weighted by Crippen LogP contribution is 2.33. The molecule has 0 atom stereocenters. The van der Waals surface area contributed by atoms with Gasteiger partial charge in [0.05, 0.1) is 17.6 Å². The van der Waals surface area contributed by atoms with Crippen LogP contribution in [0.15, 0.2) is 24.3 Å². The van der Waals surface area contributed by atoms with Gasteiger partial charge in [0.1, 0.15) is 9.88 Å². The maximum Gasteiger partial charge on any atom is 0.348 e. The van der Waals surface area contributed by atoms with Crippen molar-refractivity contribution >= 4 is 39.8 Å². The zero-order chi connectivity index (χ0) is 18.7. The van der Waals surface area contributed by atoms with E-state index < -0.39 is 22.7 Å². The third kappa shape index (κ3) is 3.63. The number of hydrogen-bond acceptors (Lipinski definition) is 7. The fourth-order valence-corrected chi connectivity index (χ4v) is 3.25. The number of nitrogens with two attached hydrogens (primary N) is 1. The summed E-state index contributed by atoms with van der Waals surface area (Å²) in [5.41, 5.74) is 5.38. The fraction of sp³-hybridized carbons (Fsp3) is 0.133. The molecule has 0 fully saturated rings. The standard InChI is InChI=1S/C15H13N3O6S/c1-7-10(12(16)19)14(25-11(7)15(21)24-2)17-13(20)8-4-3-5-9(6-8)18(22)23/h3-6H,1-2H3,(H2,16,19)(H,17,20). The topological polar surface area (TPSA) is 142 Å². The van der Waals surface area contributed by atoms with Crippen LogP contribution in [0.1, 0.15) is 36.0 Å². The molecule has 0 radical (unpaired) electrons. The number of thiophene rings is 1. The number of carbonyl (C=O) groups excluding carboxylic acids is 3. The third-order valence-electron chi connectivity index (χ3n) is 3.31. The molecule has 0 unspecified atom stereocenters. The van der Waals surface area contributed by atoms with Crippen LogP contribution in [0.25, 0.3) is 0 Å². The van der Waals surface area contributed by atoms with Gasteiger partial charge in [-0.2, -0.15) is 0 Å². The van der Waals surface area contributed by atoms with Crippen LogP contribution in [-0.2, 0) is 4.74 Å². The number of benzene rings is 1. The van der Waals surface area contributed by atoms with Gasteiger partial charge in [-0.1, -0.05) is 6.07 Å². The highest BCUT2D eigenvalue weighted by molar-refractivity contribution is 7.18. The Labute approximate surface area is 145 Å². The smallest absolute Gasteiger partial charge is 0.348 e. The second kappa shape index (κ2) is 7.09. The number of primary amides is 1. The molecule has 10 heteroatoms. The number of carbonyl (C=O) groups is 3. The lowest BCUT2D eigenvalue weighted by Crippen LogP contribution is -2.17. The van der Waals surface area contributed by atoms with Gasteiger partial charge in [-0.05, 0) is 18.6 Å². The first-order chi connectivity index (χ1) is 11.8. The van der Waals surface area contributed by atoms with Gasteiger partial charge in [0.2, 0.25) is 0 Å². The third-order valence-corrected chi connectivity index (χ3v) is 4.50. The lowest BCUT2D eigenvalue weighted by Gasteiger charge is -2.05. The molecule has 0 bridgehead atoms. The highest BCUT2D eigenvalue weighted by atomic mass is 32.1. The summed E-state index contributed by atoms with van der Waals surface area (Å²) in [7, 11) is 1.19. The monoisotopic (exact) mass is 363 g/mol. The second-order valence-electron chi connectivity index (χ2n) is 4.88. The number of esters is 1. The molecule has 0 spiro atoms. The van der Waals surface area contributed by atoms with Crippen LogP contribution in [0.3, 0.4) is 0 Å². The van der Waals surface area contributed by atoms with Gasteiger partial charge < -0.3 is 15.8 Å². The molecule has 0 saturated carbocycles. The first-order valence-electron chi connectivity index (χ1n) is 6.83. The van der Waals surface area contributed by atoms with Gasteiger partial charge in [0.25, 0.3) is 17.5 Å². The number of nitrogens with zero attached hydrogens (tertiary/aromatic N) is 1. The van der Waals surface area contributed by atoms with Crippen molar-refractivity contribution in [3.05, 3.63) is 55.9 Å². The number of rotatable bonds is 5. The Kier molecular flexibility index (Phi) is 5.13. The zero-order valence-electron chi connectivity index (χ0n) is 13.2. The van der Waals surface area contributed by atoms with E-state index >= 15 is 0 Å². The molecule has 1 aromatic carbocycles. The van der Waals surface area contributed by atoms with E-state index in [0.29, 0.717) is 5.56 Å². The van der Waals surface area contributed by atoms with Crippen LogP contribution in [0.2, 0.25) is 0 Å². The number of non-ortho nitro benzene ring substituents is 1. The lowest BCUT2D eigenvalue weighted by molar-refractivity contribution is -0.384. The van der Waals surface area contributed by atoms with Gasteiger partial charge in [0, 0.05) is 17.7 Å². The van der Waals surface area contributed by atoms with Crippen molar-refractivity contribution in [3.63, 3.8) is 0 Å². The molecule has 2 rings (SSSR count). The van der Waals surface area contributed by atoms with Gasteiger partial charge in [-0.25, -0.2) is 4.79 Å². The summed E-state index contributed by atoms with van der Waals surface area (Å²) in [4.78, 5) is 46.0. The molecule has 2 amide bonds. The lowest BCUT2D eigenvalue weighted by atomic mass is 10.1. The summed E-state index contributed by atoms with van der Waals surface area (Å²) in [6.07, 6.45) is 0. The molecular weight excluding hydrogens is 350 g/mol. The van der Waals surface area contributed by atoms with Crippen molar-refractivity contribution in [2.45, 2.75) is 6.92 Å². The zero-order valence-corrected chi connectivity index (χ0v) is 14.0. The van der Waals surface area contributed by atoms with E-state index in [1.165, 1.54) is 32.2 Å². The highest BCUT2D eigenvalue weighted by Gasteiger charge is 2.25. The minimum atomic E-state index is -0.821. The molecule has 130 valence electrons. The second-order valence-corrected chi connectivity index (χ2v) is 5.90. The Bertz CT molecular complexity index is 889. The van der Waals surface area contributed by atoms with Crippen molar-refractivity contribution in [1.29, 1.82) is 0 Å². The summed E-state index contributed by atoms with van der Waals surface area (Å²) in [6.45, 7) is 1.51. The van der Waals surface area contributed by atoms with E-state index in [9.17, 15) is 24.5 Å². The molecule has 0 aliphatic rings. The Morgan fingerprint density at radius 2 is 2.00 bits per heavy atom. The summed E-state index contributed by atoms with van der Waals surface area (Å²) >= 11 is 0.839. The number of ether oxygens (including phenoxy) is 1. The largest absolute Gasteiger partial charge is 0.465 e. The van der Waals surface area contributed by atoms with Crippen molar-refractivity contribution in [3.8, 4) is 0 Å². The van der Waals surface area contributed by atoms with Crippen molar-refractivity contribution in [1.82, 2.24) is 0 Å². The maximum atomic E-state index is 12.3. The molecule has 2 aromatic rings. The Balaban J connectivity index is 2.41. The molecule has 1 heterocycles. The SMILES string of the molecule is COC(=O)c1sc(NC(=O)c2cccc([N+](=O)[O-])c2)c(C(N)=O)c1C. The molecule has 9 nitrogen and oxygen atoms in total. The number of methoxy groups -OCH3 is 1. The van der Waals surface area contributed by atoms with E-state index in [0.717, 1.165) is 17.4 Å². The normalized spacial score (nSPS) is 10.2. The summed E-state index contributed by atoms with van der Waals surface area (Å²) in [5.74, 6) is -2.16. The summed E-state index contributed by atoms with van der Waals surface area (Å²) in [6, 6.07) is 5.09. The minimum absolute atomic E-state index is 0.0100. The number of hydrogen-bond donors (Lipinski definition) is 2. The molecule has 3 N–H and O–H groups in total. The molecule has 0 aliphatic heterocycles. The summed E-state index contributed by atoms with van der Waals surface area (Å²) in [5, 5.41) is 13.3. The maximum absolute atomic E-state index is 12.3. The van der Waals surface area contributed by atoms with Crippen LogP contribution >= 0.6 is 11.3 Å². The van der Waals surface area contributed by atoms with E-state index in [1.54, 1.807) is 0 Å². The molecule has 25 heavy (non-hydrogen) atoms. The molecule has 0 aliphatic carbocycles. The van der Waals surface area contributed by atoms with E-state index in [-0.39, 0.29) is 26.7 Å². The van der Waals surface area contributed by atoms with Gasteiger partial charge in [-0.3, -0.25) is 19.7 Å². The first-order valence-corrected chi connectivity index (χ1v) is 7.65. The van der Waals surface area contributed by atoms with Gasteiger partial charge >= 0.3 is 5.97 Å². The molecular formula is C15H13N3O6S. The number of amides is 2. The average molecular weight is 363 g/mol. The predicted octanol–water partition coefficient (Wildman–Crippen LogP) is 2.10. The first kappa shape index (κ1) is 18.1. The van der Waals surface area contributed by atoms with Crippen LogP contribution in [0, 0.1) is 17.0 Å². The Morgan fingerprint density at radius 3 is 2.56 bits per heavy atom. The van der Waals surface area contributed by atoms with Crippen LogP contribution in [-0.4, -0.2) is 29.8 Å². The van der Waals surface area contributed by atoms with E-state index in [4.69, 9.17) is 5.73 Å². The van der Waals surface area contributed by atoms with E-state index in [2.05, 4.69) is 10.1 Å². The quantitative estimate of drug-likeness (QED) is 0.473. The van der Waals surface area contributed by atoms with Crippen molar-refractivity contribution in [2.24, 2.45) is 5.73 Å². The number of nitro benzene ring substituents is 1. The Morgan fingerprint density at radius 1 is 1.32 bits per heavy atom. The molecule has 1 aromatic heterocycles. The molecule has 0 saturated heterocycles. The van der Waals surface area contributed by atoms with Crippen LogP contribution in [0.4, 0.5) is 10.7 Å². The fourth-order valence-electron chi connectivity index (χ4n) is 2.12. The van der Waals surface area contributed by atoms with E-state index in [1.807, 2.05) is 0 Å². The van der Waals surface area contributed by atoms with Gasteiger partial charge in [-0.15, -0.1) is 11.3 Å². The average Bonchev–Trinajstić information content (AvgIpc) is 2.90. The number of nitrogens with one attached hydrogen (secondary N) is 1. The van der Waals surface area contributed by atoms with Crippen molar-refractivity contribution in [2.75, 3.05) is 12.4 Å². The van der Waals surface area contributed by atoms with Crippen LogP contribution < -0.4 is 11.1 Å². The van der Waals surface area contributed by atoms with Crippen LogP contribution in [0.5, 0.6) is 0 Å². The predicted molar refractivity (Wildman–Crippen MR) is 90.0 cm³/mol. The number of nitro groups is 1. The summed E-state index contributed by atoms with van der Waals surface area (Å²) < 4.78 is 4.63. The number of anilines is 1. The Hall–Kier alpha value is -3.27. The minimum Gasteiger partial charge on any atom is -0.465 e. The van der Waals surface area contributed by atoms with Crippen molar-refractivity contribution < 1.29 is 24.0 Å². The van der Waals surface area contributed by atoms with Gasteiger partial charge in [0.15, 0.2) is 0 Å².